The van der Waals surface area contributed by atoms with Crippen LogP contribution in [0.3, 0.4) is 0 Å². The fourth-order valence-electron chi connectivity index (χ4n) is 3.35. The van der Waals surface area contributed by atoms with E-state index in [0.717, 1.165) is 36.0 Å². The Kier molecular flexibility index (Phi) is 5.41. The van der Waals surface area contributed by atoms with E-state index >= 15 is 0 Å². The second-order valence-electron chi connectivity index (χ2n) is 6.89. The number of hydrogen-bond acceptors (Lipinski definition) is 4. The van der Waals surface area contributed by atoms with Crippen LogP contribution in [0.25, 0.3) is 0 Å². The molecule has 0 amide bonds. The quantitative estimate of drug-likeness (QED) is 0.664. The molecule has 1 aliphatic carbocycles. The van der Waals surface area contributed by atoms with E-state index in [4.69, 9.17) is 4.74 Å². The molecule has 5 nitrogen and oxygen atoms in total. The van der Waals surface area contributed by atoms with Gasteiger partial charge in [0.2, 0.25) is 15.9 Å². The highest BCUT2D eigenvalue weighted by molar-refractivity contribution is 7.89. The van der Waals surface area contributed by atoms with Crippen molar-refractivity contribution < 1.29 is 13.2 Å². The minimum Gasteiger partial charge on any atom is -0.473 e. The Balaban J connectivity index is 1.40. The molecule has 28 heavy (non-hydrogen) atoms. The van der Waals surface area contributed by atoms with Crippen molar-refractivity contribution in [2.24, 2.45) is 0 Å². The average molecular weight is 394 g/mol. The summed E-state index contributed by atoms with van der Waals surface area (Å²) in [4.78, 5) is 4.52. The number of fused-ring (bicyclic) bond motifs is 1. The molecule has 4 rings (SSSR count). The Morgan fingerprint density at radius 1 is 0.929 bits per heavy atom. The van der Waals surface area contributed by atoms with E-state index in [-0.39, 0.29) is 6.54 Å². The SMILES string of the molecule is O=S(=O)(NCc1ccnc(OCc2ccccc2)c1)c1ccc2c(c1)CCC2. The van der Waals surface area contributed by atoms with Gasteiger partial charge in [0.05, 0.1) is 4.90 Å². The first-order valence-corrected chi connectivity index (χ1v) is 10.8. The Morgan fingerprint density at radius 3 is 2.61 bits per heavy atom. The van der Waals surface area contributed by atoms with Crippen molar-refractivity contribution in [1.29, 1.82) is 0 Å². The van der Waals surface area contributed by atoms with Gasteiger partial charge in [-0.1, -0.05) is 36.4 Å². The van der Waals surface area contributed by atoms with Crippen LogP contribution >= 0.6 is 0 Å². The topological polar surface area (TPSA) is 68.3 Å². The van der Waals surface area contributed by atoms with Gasteiger partial charge in [-0.05, 0) is 59.7 Å². The molecule has 1 aromatic heterocycles. The van der Waals surface area contributed by atoms with Crippen LogP contribution in [0.1, 0.15) is 28.7 Å². The maximum atomic E-state index is 12.6. The van der Waals surface area contributed by atoms with E-state index in [1.165, 1.54) is 5.56 Å². The number of rotatable bonds is 7. The standard InChI is InChI=1S/C22H22N2O3S/c25-28(26,21-10-9-19-7-4-8-20(19)14-21)24-15-18-11-12-23-22(13-18)27-16-17-5-2-1-3-6-17/h1-3,5-6,9-14,24H,4,7-8,15-16H2. The van der Waals surface area contributed by atoms with E-state index in [0.29, 0.717) is 17.4 Å². The number of aryl methyl sites for hydroxylation is 2. The molecule has 1 aliphatic rings. The zero-order valence-electron chi connectivity index (χ0n) is 15.5. The van der Waals surface area contributed by atoms with E-state index in [1.807, 2.05) is 36.4 Å². The summed E-state index contributed by atoms with van der Waals surface area (Å²) in [6.07, 6.45) is 4.70. The number of aromatic nitrogens is 1. The summed E-state index contributed by atoms with van der Waals surface area (Å²) < 4.78 is 33.7. The van der Waals surface area contributed by atoms with Crippen molar-refractivity contribution in [3.63, 3.8) is 0 Å². The lowest BCUT2D eigenvalue weighted by atomic mass is 10.1. The number of benzene rings is 2. The fraction of sp³-hybridized carbons (Fsp3) is 0.227. The summed E-state index contributed by atoms with van der Waals surface area (Å²) in [7, 11) is -3.56. The van der Waals surface area contributed by atoms with Crippen LogP contribution < -0.4 is 9.46 Å². The highest BCUT2D eigenvalue weighted by Gasteiger charge is 2.18. The molecule has 6 heteroatoms. The van der Waals surface area contributed by atoms with E-state index in [1.54, 1.807) is 30.5 Å². The molecular weight excluding hydrogens is 372 g/mol. The highest BCUT2D eigenvalue weighted by atomic mass is 32.2. The van der Waals surface area contributed by atoms with Crippen LogP contribution in [0.4, 0.5) is 0 Å². The molecule has 2 aromatic carbocycles. The van der Waals surface area contributed by atoms with E-state index in [2.05, 4.69) is 9.71 Å². The maximum absolute atomic E-state index is 12.6. The predicted octanol–water partition coefficient (Wildman–Crippen LogP) is 3.63. The second kappa shape index (κ2) is 8.12. The van der Waals surface area contributed by atoms with Gasteiger partial charge in [-0.15, -0.1) is 0 Å². The van der Waals surface area contributed by atoms with Gasteiger partial charge < -0.3 is 4.74 Å². The largest absolute Gasteiger partial charge is 0.473 e. The lowest BCUT2D eigenvalue weighted by Gasteiger charge is -2.10. The average Bonchev–Trinajstić information content (AvgIpc) is 3.20. The molecular formula is C22H22N2O3S. The molecule has 0 radical (unpaired) electrons. The van der Waals surface area contributed by atoms with E-state index in [9.17, 15) is 8.42 Å². The molecule has 0 saturated carbocycles. The van der Waals surface area contributed by atoms with Crippen LogP contribution in [0.2, 0.25) is 0 Å². The number of sulfonamides is 1. The summed E-state index contributed by atoms with van der Waals surface area (Å²) in [6.45, 7) is 0.599. The van der Waals surface area contributed by atoms with Crippen LogP contribution in [0.5, 0.6) is 5.88 Å². The third kappa shape index (κ3) is 4.40. The number of pyridine rings is 1. The number of hydrogen-bond donors (Lipinski definition) is 1. The first-order valence-electron chi connectivity index (χ1n) is 9.33. The molecule has 0 saturated heterocycles. The summed E-state index contributed by atoms with van der Waals surface area (Å²) in [5.74, 6) is 0.470. The Labute approximate surface area is 165 Å². The monoisotopic (exact) mass is 394 g/mol. The van der Waals surface area contributed by atoms with Gasteiger partial charge in [0.15, 0.2) is 0 Å². The molecule has 3 aromatic rings. The first kappa shape index (κ1) is 18.7. The van der Waals surface area contributed by atoms with Crippen LogP contribution in [-0.4, -0.2) is 13.4 Å². The minimum absolute atomic E-state index is 0.184. The van der Waals surface area contributed by atoms with Gasteiger partial charge in [-0.25, -0.2) is 18.1 Å². The first-order chi connectivity index (χ1) is 13.6. The Bertz CT molecular complexity index is 1070. The summed E-state index contributed by atoms with van der Waals surface area (Å²) in [5, 5.41) is 0. The third-order valence-corrected chi connectivity index (χ3v) is 6.27. The molecule has 1 heterocycles. The van der Waals surface area contributed by atoms with Crippen molar-refractivity contribution in [2.75, 3.05) is 0 Å². The molecule has 0 fully saturated rings. The summed E-state index contributed by atoms with van der Waals surface area (Å²) in [6, 6.07) is 18.8. The van der Waals surface area contributed by atoms with Crippen LogP contribution in [-0.2, 0) is 36.0 Å². The zero-order chi connectivity index (χ0) is 19.4. The lowest BCUT2D eigenvalue weighted by Crippen LogP contribution is -2.23. The van der Waals surface area contributed by atoms with Gasteiger partial charge in [-0.3, -0.25) is 0 Å². The van der Waals surface area contributed by atoms with Gasteiger partial charge in [-0.2, -0.15) is 0 Å². The highest BCUT2D eigenvalue weighted by Crippen LogP contribution is 2.24. The lowest BCUT2D eigenvalue weighted by molar-refractivity contribution is 0.293. The van der Waals surface area contributed by atoms with Crippen LogP contribution in [0, 0.1) is 0 Å². The number of nitrogens with zero attached hydrogens (tertiary/aromatic N) is 1. The summed E-state index contributed by atoms with van der Waals surface area (Å²) >= 11 is 0. The molecule has 144 valence electrons. The molecule has 1 N–H and O–H groups in total. The minimum atomic E-state index is -3.56. The predicted molar refractivity (Wildman–Crippen MR) is 108 cm³/mol. The Morgan fingerprint density at radius 2 is 1.75 bits per heavy atom. The van der Waals surface area contributed by atoms with Crippen molar-refractivity contribution in [2.45, 2.75) is 37.3 Å². The number of nitrogens with one attached hydrogen (secondary N) is 1. The second-order valence-corrected chi connectivity index (χ2v) is 8.65. The van der Waals surface area contributed by atoms with Gasteiger partial charge in [0.25, 0.3) is 0 Å². The Hall–Kier alpha value is -2.70. The summed E-state index contributed by atoms with van der Waals surface area (Å²) in [5.41, 5.74) is 4.24. The van der Waals surface area contributed by atoms with Crippen molar-refractivity contribution in [3.8, 4) is 5.88 Å². The number of ether oxygens (including phenoxy) is 1. The smallest absolute Gasteiger partial charge is 0.240 e. The van der Waals surface area contributed by atoms with Crippen LogP contribution in [0.15, 0.2) is 71.8 Å². The van der Waals surface area contributed by atoms with Gasteiger partial charge in [0, 0.05) is 18.8 Å². The fourth-order valence-corrected chi connectivity index (χ4v) is 4.42. The normalized spacial score (nSPS) is 13.3. The van der Waals surface area contributed by atoms with Gasteiger partial charge in [0.1, 0.15) is 6.61 Å². The molecule has 0 aliphatic heterocycles. The third-order valence-electron chi connectivity index (χ3n) is 4.88. The van der Waals surface area contributed by atoms with Crippen molar-refractivity contribution >= 4 is 10.0 Å². The van der Waals surface area contributed by atoms with Gasteiger partial charge >= 0.3 is 0 Å². The zero-order valence-corrected chi connectivity index (χ0v) is 16.3. The van der Waals surface area contributed by atoms with E-state index < -0.39 is 10.0 Å². The maximum Gasteiger partial charge on any atom is 0.240 e. The molecule has 0 bridgehead atoms. The molecule has 0 unspecified atom stereocenters. The van der Waals surface area contributed by atoms with Crippen molar-refractivity contribution in [1.82, 2.24) is 9.71 Å². The molecule has 0 spiro atoms. The van der Waals surface area contributed by atoms with Crippen molar-refractivity contribution in [3.05, 3.63) is 89.1 Å². The molecule has 0 atom stereocenters.